The van der Waals surface area contributed by atoms with Crippen molar-refractivity contribution < 1.29 is 32.6 Å². The molecule has 0 saturated carbocycles. The van der Waals surface area contributed by atoms with Crippen LogP contribution < -0.4 is 10.2 Å². The SMILES string of the molecule is O=C(O)/C(=N\Nc1ccnc(OC(F)F)c1)C(=O)c1c(F)cccc1Br. The fourth-order valence-electron chi connectivity index (χ4n) is 1.78. The summed E-state index contributed by atoms with van der Waals surface area (Å²) in [5, 5.41) is 12.6. The quantitative estimate of drug-likeness (QED) is 0.301. The number of hydrazone groups is 1. The third-order valence-electron chi connectivity index (χ3n) is 2.85. The molecule has 0 aliphatic carbocycles. The Kier molecular flexibility index (Phi) is 6.28. The number of pyridine rings is 1. The molecule has 0 fully saturated rings. The minimum atomic E-state index is -3.10. The predicted octanol–water partition coefficient (Wildman–Crippen LogP) is 3.32. The van der Waals surface area contributed by atoms with Crippen molar-refractivity contribution in [2.75, 3.05) is 5.43 Å². The predicted molar refractivity (Wildman–Crippen MR) is 88.0 cm³/mol. The third-order valence-corrected chi connectivity index (χ3v) is 3.51. The number of nitrogens with one attached hydrogen (secondary N) is 1. The molecule has 0 unspecified atom stereocenters. The Bertz CT molecular complexity index is 857. The van der Waals surface area contributed by atoms with Gasteiger partial charge in [0.25, 0.3) is 0 Å². The van der Waals surface area contributed by atoms with E-state index in [1.165, 1.54) is 18.2 Å². The molecule has 0 spiro atoms. The van der Waals surface area contributed by atoms with E-state index in [0.29, 0.717) is 0 Å². The van der Waals surface area contributed by atoms with Gasteiger partial charge in [-0.3, -0.25) is 10.2 Å². The van der Waals surface area contributed by atoms with Gasteiger partial charge in [0, 0.05) is 16.7 Å². The van der Waals surface area contributed by atoms with Crippen LogP contribution in [0.5, 0.6) is 5.88 Å². The molecule has 0 aliphatic heterocycles. The summed E-state index contributed by atoms with van der Waals surface area (Å²) in [6.45, 7) is -3.10. The van der Waals surface area contributed by atoms with E-state index < -0.39 is 41.3 Å². The van der Waals surface area contributed by atoms with Crippen LogP contribution in [0.1, 0.15) is 10.4 Å². The first kappa shape index (κ1) is 19.4. The van der Waals surface area contributed by atoms with Crippen LogP contribution in [0, 0.1) is 5.82 Å². The summed E-state index contributed by atoms with van der Waals surface area (Å²) >= 11 is 2.97. The number of aliphatic carboxylic acids is 1. The molecule has 1 aromatic heterocycles. The third kappa shape index (κ3) is 4.79. The Morgan fingerprint density at radius 2 is 2.04 bits per heavy atom. The first-order chi connectivity index (χ1) is 12.3. The van der Waals surface area contributed by atoms with Crippen LogP contribution in [0.3, 0.4) is 0 Å². The van der Waals surface area contributed by atoms with Gasteiger partial charge in [-0.05, 0) is 34.1 Å². The first-order valence-corrected chi connectivity index (χ1v) is 7.55. The Hall–Kier alpha value is -2.95. The molecule has 0 radical (unpaired) electrons. The van der Waals surface area contributed by atoms with Gasteiger partial charge in [0.2, 0.25) is 17.4 Å². The summed E-state index contributed by atoms with van der Waals surface area (Å²) in [4.78, 5) is 27.1. The zero-order valence-corrected chi connectivity index (χ0v) is 14.2. The van der Waals surface area contributed by atoms with Crippen LogP contribution in [-0.2, 0) is 4.79 Å². The monoisotopic (exact) mass is 431 g/mol. The molecular formula is C15H9BrF3N3O4. The average Bonchev–Trinajstić information content (AvgIpc) is 2.54. The van der Waals surface area contributed by atoms with Crippen molar-refractivity contribution in [2.24, 2.45) is 5.10 Å². The molecule has 2 aromatic rings. The minimum Gasteiger partial charge on any atom is -0.476 e. The molecule has 0 amide bonds. The minimum absolute atomic E-state index is 0.0230. The zero-order chi connectivity index (χ0) is 19.3. The highest BCUT2D eigenvalue weighted by molar-refractivity contribution is 9.10. The van der Waals surface area contributed by atoms with Crippen molar-refractivity contribution in [3.8, 4) is 5.88 Å². The van der Waals surface area contributed by atoms with Crippen molar-refractivity contribution in [3.05, 3.63) is 52.4 Å². The van der Waals surface area contributed by atoms with Crippen LogP contribution in [0.15, 0.2) is 46.1 Å². The lowest BCUT2D eigenvalue weighted by molar-refractivity contribution is -0.129. The second-order valence-corrected chi connectivity index (χ2v) is 5.42. The number of Topliss-reactive ketones (excluding diaryl/α,β-unsaturated/α-hetero) is 1. The van der Waals surface area contributed by atoms with Gasteiger partial charge >= 0.3 is 12.6 Å². The van der Waals surface area contributed by atoms with E-state index in [9.17, 15) is 27.9 Å². The van der Waals surface area contributed by atoms with Crippen LogP contribution in [0.2, 0.25) is 0 Å². The topological polar surface area (TPSA) is 101 Å². The molecule has 7 nitrogen and oxygen atoms in total. The van der Waals surface area contributed by atoms with E-state index >= 15 is 0 Å². The summed E-state index contributed by atoms with van der Waals surface area (Å²) in [5.74, 6) is -4.28. The molecule has 2 N–H and O–H groups in total. The zero-order valence-electron chi connectivity index (χ0n) is 12.6. The number of carbonyl (C=O) groups is 2. The number of hydrogen-bond acceptors (Lipinski definition) is 6. The number of aromatic nitrogens is 1. The van der Waals surface area contributed by atoms with E-state index in [2.05, 4.69) is 36.2 Å². The number of ether oxygens (including phenoxy) is 1. The smallest absolute Gasteiger partial charge is 0.388 e. The van der Waals surface area contributed by atoms with E-state index in [-0.39, 0.29) is 10.2 Å². The molecule has 2 rings (SSSR count). The molecule has 1 aromatic carbocycles. The van der Waals surface area contributed by atoms with Crippen LogP contribution in [-0.4, -0.2) is 34.2 Å². The van der Waals surface area contributed by atoms with Gasteiger partial charge in [0.15, 0.2) is 0 Å². The number of benzene rings is 1. The molecule has 11 heteroatoms. The highest BCUT2D eigenvalue weighted by atomic mass is 79.9. The number of anilines is 1. The number of hydrogen-bond donors (Lipinski definition) is 2. The van der Waals surface area contributed by atoms with Gasteiger partial charge in [0.1, 0.15) is 5.82 Å². The van der Waals surface area contributed by atoms with Gasteiger partial charge in [-0.25, -0.2) is 14.2 Å². The number of halogens is 4. The maximum atomic E-state index is 13.8. The fraction of sp³-hybridized carbons (Fsp3) is 0.0667. The molecular weight excluding hydrogens is 423 g/mol. The van der Waals surface area contributed by atoms with Crippen molar-refractivity contribution >= 4 is 39.1 Å². The van der Waals surface area contributed by atoms with E-state index in [0.717, 1.165) is 18.3 Å². The van der Waals surface area contributed by atoms with E-state index in [1.54, 1.807) is 0 Å². The lowest BCUT2D eigenvalue weighted by Crippen LogP contribution is -2.26. The molecule has 0 aliphatic rings. The van der Waals surface area contributed by atoms with E-state index in [1.807, 2.05) is 0 Å². The van der Waals surface area contributed by atoms with Crippen molar-refractivity contribution in [2.45, 2.75) is 6.61 Å². The van der Waals surface area contributed by atoms with Crippen LogP contribution in [0.25, 0.3) is 0 Å². The van der Waals surface area contributed by atoms with Gasteiger partial charge < -0.3 is 9.84 Å². The van der Waals surface area contributed by atoms with Crippen molar-refractivity contribution in [1.29, 1.82) is 0 Å². The number of nitrogens with zero attached hydrogens (tertiary/aromatic N) is 2. The summed E-state index contributed by atoms with van der Waals surface area (Å²) in [6.07, 6.45) is 1.10. The average molecular weight is 432 g/mol. The molecule has 0 saturated heterocycles. The summed E-state index contributed by atoms with van der Waals surface area (Å²) in [5.41, 5.74) is 0.718. The standard InChI is InChI=1S/C15H9BrF3N3O4/c16-8-2-1-3-9(17)11(8)13(23)12(14(24)25)22-21-7-4-5-20-10(6-7)26-15(18)19/h1-6,15H,(H,20,21)(H,24,25)/b22-12-. The maximum Gasteiger partial charge on any atom is 0.388 e. The normalized spacial score (nSPS) is 11.3. The lowest BCUT2D eigenvalue weighted by Gasteiger charge is -2.07. The maximum absolute atomic E-state index is 13.8. The van der Waals surface area contributed by atoms with Gasteiger partial charge in [-0.15, -0.1) is 0 Å². The number of alkyl halides is 2. The largest absolute Gasteiger partial charge is 0.476 e. The van der Waals surface area contributed by atoms with Crippen LogP contribution in [0.4, 0.5) is 18.9 Å². The summed E-state index contributed by atoms with van der Waals surface area (Å²) in [7, 11) is 0. The Labute approximate surface area is 152 Å². The number of rotatable bonds is 7. The molecule has 1 heterocycles. The Balaban J connectivity index is 2.30. The molecule has 0 atom stereocenters. The second-order valence-electron chi connectivity index (χ2n) is 4.56. The Morgan fingerprint density at radius 1 is 1.31 bits per heavy atom. The summed E-state index contributed by atoms with van der Waals surface area (Å²) < 4.78 is 42.3. The number of carboxylic acids is 1. The van der Waals surface area contributed by atoms with Gasteiger partial charge in [-0.1, -0.05) is 6.07 Å². The van der Waals surface area contributed by atoms with Gasteiger partial charge in [0.05, 0.1) is 11.3 Å². The Morgan fingerprint density at radius 3 is 2.65 bits per heavy atom. The van der Waals surface area contributed by atoms with Crippen molar-refractivity contribution in [1.82, 2.24) is 4.98 Å². The molecule has 26 heavy (non-hydrogen) atoms. The molecule has 0 bridgehead atoms. The summed E-state index contributed by atoms with van der Waals surface area (Å²) in [6, 6.07) is 5.96. The number of carbonyl (C=O) groups excluding carboxylic acids is 1. The lowest BCUT2D eigenvalue weighted by atomic mass is 10.1. The van der Waals surface area contributed by atoms with Crippen molar-refractivity contribution in [3.63, 3.8) is 0 Å². The molecule has 136 valence electrons. The highest BCUT2D eigenvalue weighted by Crippen LogP contribution is 2.21. The number of ketones is 1. The van der Waals surface area contributed by atoms with Gasteiger partial charge in [-0.2, -0.15) is 13.9 Å². The highest BCUT2D eigenvalue weighted by Gasteiger charge is 2.26. The van der Waals surface area contributed by atoms with Crippen LogP contribution >= 0.6 is 15.9 Å². The number of carboxylic acid groups (broad SMARTS) is 1. The second kappa shape index (κ2) is 8.43. The van der Waals surface area contributed by atoms with E-state index in [4.69, 9.17) is 0 Å². The first-order valence-electron chi connectivity index (χ1n) is 6.76. The fourth-order valence-corrected chi connectivity index (χ4v) is 2.31.